The lowest BCUT2D eigenvalue weighted by molar-refractivity contribution is 0.0640. The summed E-state index contributed by atoms with van der Waals surface area (Å²) in [6, 6.07) is 15.3. The van der Waals surface area contributed by atoms with Crippen LogP contribution in [0.2, 0.25) is 0 Å². The summed E-state index contributed by atoms with van der Waals surface area (Å²) in [5.74, 6) is -0.199. The SMILES string of the molecule is CCN1CCN(C(=O)c2cc3c(=O)n4cccc(C)c4nc3n(CCc3ccccc3)c2=N)CC1. The lowest BCUT2D eigenvalue weighted by Crippen LogP contribution is -2.49. The molecular weight excluding hydrogens is 440 g/mol. The third kappa shape index (κ3) is 4.25. The fourth-order valence-electron chi connectivity index (χ4n) is 4.80. The van der Waals surface area contributed by atoms with Crippen molar-refractivity contribution in [1.29, 1.82) is 5.41 Å². The molecule has 1 aliphatic heterocycles. The Bertz CT molecular complexity index is 1510. The molecule has 0 atom stereocenters. The van der Waals surface area contributed by atoms with Crippen LogP contribution in [0.15, 0.2) is 59.5 Å². The van der Waals surface area contributed by atoms with Gasteiger partial charge in [0.2, 0.25) is 0 Å². The first-order valence-corrected chi connectivity index (χ1v) is 12.1. The highest BCUT2D eigenvalue weighted by molar-refractivity contribution is 5.97. The van der Waals surface area contributed by atoms with Crippen molar-refractivity contribution in [3.63, 3.8) is 0 Å². The molecule has 0 saturated carbocycles. The highest BCUT2D eigenvalue weighted by Crippen LogP contribution is 2.15. The van der Waals surface area contributed by atoms with Crippen LogP contribution in [0.3, 0.4) is 0 Å². The van der Waals surface area contributed by atoms with E-state index in [4.69, 9.17) is 10.4 Å². The molecule has 180 valence electrons. The Hall–Kier alpha value is -3.78. The van der Waals surface area contributed by atoms with Crippen molar-refractivity contribution >= 4 is 22.6 Å². The second kappa shape index (κ2) is 9.46. The molecule has 8 nitrogen and oxygen atoms in total. The minimum atomic E-state index is -0.230. The highest BCUT2D eigenvalue weighted by atomic mass is 16.2. The molecule has 0 spiro atoms. The molecule has 4 heterocycles. The zero-order valence-electron chi connectivity index (χ0n) is 20.2. The minimum Gasteiger partial charge on any atom is -0.336 e. The van der Waals surface area contributed by atoms with E-state index in [1.54, 1.807) is 21.7 Å². The lowest BCUT2D eigenvalue weighted by Gasteiger charge is -2.34. The van der Waals surface area contributed by atoms with Crippen molar-refractivity contribution in [2.24, 2.45) is 0 Å². The van der Waals surface area contributed by atoms with Crippen molar-refractivity contribution < 1.29 is 4.79 Å². The average Bonchev–Trinajstić information content (AvgIpc) is 2.89. The summed E-state index contributed by atoms with van der Waals surface area (Å²) in [5.41, 5.74) is 3.12. The van der Waals surface area contributed by atoms with Crippen LogP contribution in [0, 0.1) is 12.3 Å². The molecule has 3 aromatic heterocycles. The van der Waals surface area contributed by atoms with Crippen LogP contribution in [-0.2, 0) is 13.0 Å². The lowest BCUT2D eigenvalue weighted by atomic mass is 10.1. The molecule has 0 unspecified atom stereocenters. The molecule has 5 rings (SSSR count). The summed E-state index contributed by atoms with van der Waals surface area (Å²) in [4.78, 5) is 36.0. The van der Waals surface area contributed by atoms with E-state index in [9.17, 15) is 9.59 Å². The van der Waals surface area contributed by atoms with Gasteiger partial charge in [-0.2, -0.15) is 0 Å². The number of pyridine rings is 2. The third-order valence-corrected chi connectivity index (χ3v) is 6.94. The summed E-state index contributed by atoms with van der Waals surface area (Å²) in [5, 5.41) is 9.36. The Morgan fingerprint density at radius 3 is 2.49 bits per heavy atom. The predicted molar refractivity (Wildman–Crippen MR) is 136 cm³/mol. The summed E-state index contributed by atoms with van der Waals surface area (Å²) in [6.07, 6.45) is 2.36. The number of aryl methyl sites for hydroxylation is 3. The number of nitrogens with one attached hydrogen (secondary N) is 1. The predicted octanol–water partition coefficient (Wildman–Crippen LogP) is 2.46. The Morgan fingerprint density at radius 2 is 1.77 bits per heavy atom. The van der Waals surface area contributed by atoms with Gasteiger partial charge in [0, 0.05) is 38.9 Å². The fourth-order valence-corrected chi connectivity index (χ4v) is 4.80. The third-order valence-electron chi connectivity index (χ3n) is 6.94. The smallest absolute Gasteiger partial charge is 0.267 e. The van der Waals surface area contributed by atoms with Crippen LogP contribution >= 0.6 is 0 Å². The van der Waals surface area contributed by atoms with Gasteiger partial charge >= 0.3 is 0 Å². The van der Waals surface area contributed by atoms with Gasteiger partial charge in [-0.25, -0.2) is 4.98 Å². The maximum absolute atomic E-state index is 13.6. The molecule has 1 saturated heterocycles. The van der Waals surface area contributed by atoms with Crippen molar-refractivity contribution in [3.8, 4) is 0 Å². The molecule has 1 aromatic carbocycles. The quantitative estimate of drug-likeness (QED) is 0.454. The highest BCUT2D eigenvalue weighted by Gasteiger charge is 2.25. The van der Waals surface area contributed by atoms with Gasteiger partial charge in [-0.05, 0) is 43.1 Å². The van der Waals surface area contributed by atoms with Gasteiger partial charge in [0.1, 0.15) is 16.8 Å². The van der Waals surface area contributed by atoms with E-state index in [2.05, 4.69) is 11.8 Å². The summed E-state index contributed by atoms with van der Waals surface area (Å²) in [6.45, 7) is 8.28. The van der Waals surface area contributed by atoms with Crippen LogP contribution in [0.25, 0.3) is 16.7 Å². The molecule has 1 fully saturated rings. The first-order chi connectivity index (χ1) is 17.0. The maximum Gasteiger partial charge on any atom is 0.267 e. The number of carbonyl (C=O) groups excluding carboxylic acids is 1. The average molecular weight is 471 g/mol. The fraction of sp³-hybridized carbons (Fsp3) is 0.333. The first-order valence-electron chi connectivity index (χ1n) is 12.1. The Labute approximate surface area is 203 Å². The first kappa shape index (κ1) is 23.0. The number of hydrogen-bond acceptors (Lipinski definition) is 5. The van der Waals surface area contributed by atoms with Crippen LogP contribution in [-0.4, -0.2) is 62.4 Å². The zero-order chi connectivity index (χ0) is 24.5. The number of aromatic nitrogens is 3. The van der Waals surface area contributed by atoms with Gasteiger partial charge < -0.3 is 14.4 Å². The molecule has 1 aliphatic rings. The number of amides is 1. The van der Waals surface area contributed by atoms with Gasteiger partial charge in [0.25, 0.3) is 11.5 Å². The van der Waals surface area contributed by atoms with Crippen LogP contribution in [0.4, 0.5) is 0 Å². The summed E-state index contributed by atoms with van der Waals surface area (Å²) >= 11 is 0. The molecule has 0 radical (unpaired) electrons. The normalized spacial score (nSPS) is 14.6. The number of hydrogen-bond donors (Lipinski definition) is 1. The number of piperazine rings is 1. The topological polar surface area (TPSA) is 86.7 Å². The van der Waals surface area contributed by atoms with Crippen molar-refractivity contribution in [2.45, 2.75) is 26.8 Å². The molecule has 0 bridgehead atoms. The van der Waals surface area contributed by atoms with Crippen molar-refractivity contribution in [2.75, 3.05) is 32.7 Å². The summed E-state index contributed by atoms with van der Waals surface area (Å²) in [7, 11) is 0. The van der Waals surface area contributed by atoms with E-state index in [0.29, 0.717) is 42.7 Å². The Balaban J connectivity index is 1.66. The van der Waals surface area contributed by atoms with Crippen LogP contribution in [0.1, 0.15) is 28.4 Å². The largest absolute Gasteiger partial charge is 0.336 e. The van der Waals surface area contributed by atoms with Crippen molar-refractivity contribution in [1.82, 2.24) is 23.8 Å². The Kier molecular flexibility index (Phi) is 6.21. The minimum absolute atomic E-state index is 0.0983. The van der Waals surface area contributed by atoms with Gasteiger partial charge in [0.15, 0.2) is 0 Å². The molecule has 8 heteroatoms. The molecule has 0 aliphatic carbocycles. The van der Waals surface area contributed by atoms with E-state index in [-0.39, 0.29) is 22.5 Å². The monoisotopic (exact) mass is 470 g/mol. The number of nitrogens with zero attached hydrogens (tertiary/aromatic N) is 5. The zero-order valence-corrected chi connectivity index (χ0v) is 20.2. The molecule has 35 heavy (non-hydrogen) atoms. The second-order valence-corrected chi connectivity index (χ2v) is 9.06. The second-order valence-electron chi connectivity index (χ2n) is 9.06. The van der Waals surface area contributed by atoms with E-state index in [1.807, 2.05) is 49.4 Å². The summed E-state index contributed by atoms with van der Waals surface area (Å²) < 4.78 is 3.25. The number of fused-ring (bicyclic) bond motifs is 2. The van der Waals surface area contributed by atoms with Gasteiger partial charge in [-0.1, -0.05) is 43.3 Å². The maximum atomic E-state index is 13.6. The van der Waals surface area contributed by atoms with Gasteiger partial charge in [-0.15, -0.1) is 0 Å². The van der Waals surface area contributed by atoms with E-state index in [1.165, 1.54) is 4.40 Å². The van der Waals surface area contributed by atoms with Gasteiger partial charge in [0.05, 0.1) is 10.9 Å². The van der Waals surface area contributed by atoms with E-state index in [0.717, 1.165) is 30.8 Å². The van der Waals surface area contributed by atoms with Crippen LogP contribution in [0.5, 0.6) is 0 Å². The number of benzene rings is 1. The van der Waals surface area contributed by atoms with Crippen LogP contribution < -0.4 is 11.0 Å². The number of rotatable bonds is 5. The number of carbonyl (C=O) groups is 1. The molecule has 1 N–H and O–H groups in total. The standard InChI is InChI=1S/C27H30N6O2/c1-3-30-14-16-31(17-15-30)26(34)21-18-22-25(29-24-19(2)8-7-12-33(24)27(22)35)32(23(21)28)13-11-20-9-5-4-6-10-20/h4-10,12,18,28H,3,11,13-17H2,1-2H3. The molecular formula is C27H30N6O2. The Morgan fingerprint density at radius 1 is 1.03 bits per heavy atom. The van der Waals surface area contributed by atoms with E-state index < -0.39 is 0 Å². The molecule has 1 amide bonds. The molecule has 4 aromatic rings. The van der Waals surface area contributed by atoms with Crippen molar-refractivity contribution in [3.05, 3.63) is 87.3 Å². The van der Waals surface area contributed by atoms with Gasteiger partial charge in [-0.3, -0.25) is 19.4 Å². The van der Waals surface area contributed by atoms with E-state index >= 15 is 0 Å². The number of likely N-dealkylation sites (N-methyl/N-ethyl adjacent to an activating group) is 1.